The first-order chi connectivity index (χ1) is 22.7. The van der Waals surface area contributed by atoms with Crippen molar-refractivity contribution in [3.8, 4) is 22.4 Å². The van der Waals surface area contributed by atoms with Gasteiger partial charge in [-0.15, -0.1) is 0 Å². The number of rotatable bonds is 8. The summed E-state index contributed by atoms with van der Waals surface area (Å²) in [5.41, 5.74) is 3.61. The fourth-order valence-electron chi connectivity index (χ4n) is 5.61. The maximum atomic E-state index is 13.7. The number of nitrogens with zero attached hydrogens (tertiary/aromatic N) is 4. The van der Waals surface area contributed by atoms with Crippen LogP contribution in [0, 0.1) is 13.8 Å². The number of likely N-dealkylation sites (N-methyl/N-ethyl adjacent to an activating group) is 1. The predicted molar refractivity (Wildman–Crippen MR) is 177 cm³/mol. The minimum absolute atomic E-state index is 0.0843. The Labute approximate surface area is 275 Å². The molecule has 0 saturated carbocycles. The first-order valence-electron chi connectivity index (χ1n) is 15.3. The molecular weight excluding hydrogens is 627 g/mol. The largest absolute Gasteiger partial charge is 0.493 e. The molecule has 2 aromatic heterocycles. The highest BCUT2D eigenvalue weighted by atomic mass is 19.4. The fraction of sp³-hybridized carbons (Fsp3) is 0.314. The van der Waals surface area contributed by atoms with E-state index in [1.54, 1.807) is 58.0 Å². The van der Waals surface area contributed by atoms with Crippen molar-refractivity contribution in [1.29, 1.82) is 0 Å². The molecule has 0 bridgehead atoms. The molecule has 252 valence electrons. The molecule has 48 heavy (non-hydrogen) atoms. The van der Waals surface area contributed by atoms with Crippen LogP contribution in [0.5, 0.6) is 0 Å². The molecule has 1 amide bonds. The summed E-state index contributed by atoms with van der Waals surface area (Å²) >= 11 is 0. The summed E-state index contributed by atoms with van der Waals surface area (Å²) < 4.78 is 47.2. The van der Waals surface area contributed by atoms with Crippen LogP contribution in [0.25, 0.3) is 33.4 Å². The number of piperazine rings is 1. The number of nitrogens with one attached hydrogen (secondary N) is 1. The molecule has 1 aliphatic heterocycles. The third-order valence-electron chi connectivity index (χ3n) is 8.15. The minimum Gasteiger partial charge on any atom is -0.459 e. The van der Waals surface area contributed by atoms with Crippen molar-refractivity contribution in [1.82, 2.24) is 14.6 Å². The maximum absolute atomic E-state index is 13.7. The summed E-state index contributed by atoms with van der Waals surface area (Å²) in [5.74, 6) is -3.59. The number of halogens is 3. The van der Waals surface area contributed by atoms with Gasteiger partial charge in [-0.05, 0) is 75.7 Å². The second-order valence-corrected chi connectivity index (χ2v) is 11.9. The molecule has 0 aliphatic carbocycles. The first-order valence-corrected chi connectivity index (χ1v) is 15.3. The van der Waals surface area contributed by atoms with E-state index < -0.39 is 30.1 Å². The SMILES string of the molecule is C=CC(=O)Nc1cc(-c2c(-c3ccc(N4CCN(C)CC4)cc3)n(OC(=O)C(F)(F)F)c3ncc(C(=O)OC(C)C)c(C)c23)ccc1C. The van der Waals surface area contributed by atoms with Crippen LogP contribution in [0.4, 0.5) is 24.5 Å². The molecule has 0 unspecified atom stereocenters. The Hall–Kier alpha value is -5.17. The van der Waals surface area contributed by atoms with Crippen molar-refractivity contribution < 1.29 is 37.1 Å². The number of esters is 1. The van der Waals surface area contributed by atoms with Crippen LogP contribution in [-0.2, 0) is 14.3 Å². The van der Waals surface area contributed by atoms with Crippen LogP contribution in [-0.4, -0.2) is 78.0 Å². The first kappa shape index (κ1) is 34.2. The molecule has 1 saturated heterocycles. The number of aromatic nitrogens is 2. The molecule has 2 aromatic carbocycles. The Morgan fingerprint density at radius 1 is 1.00 bits per heavy atom. The second kappa shape index (κ2) is 13.5. The average molecular weight is 664 g/mol. The van der Waals surface area contributed by atoms with E-state index in [1.807, 2.05) is 19.2 Å². The smallest absolute Gasteiger partial charge is 0.459 e. The van der Waals surface area contributed by atoms with Crippen molar-refractivity contribution in [3.05, 3.63) is 78.0 Å². The molecule has 0 radical (unpaired) electrons. The number of carbonyl (C=O) groups excluding carboxylic acids is 3. The highest BCUT2D eigenvalue weighted by Crippen LogP contribution is 2.43. The summed E-state index contributed by atoms with van der Waals surface area (Å²) in [6, 6.07) is 12.3. The monoisotopic (exact) mass is 663 g/mol. The van der Waals surface area contributed by atoms with E-state index in [0.29, 0.717) is 33.5 Å². The second-order valence-electron chi connectivity index (χ2n) is 11.9. The lowest BCUT2D eigenvalue weighted by Gasteiger charge is -2.34. The third kappa shape index (κ3) is 6.91. The van der Waals surface area contributed by atoms with Gasteiger partial charge >= 0.3 is 18.1 Å². The van der Waals surface area contributed by atoms with Crippen LogP contribution in [0.3, 0.4) is 0 Å². The lowest BCUT2D eigenvalue weighted by Crippen LogP contribution is -2.44. The van der Waals surface area contributed by atoms with Crippen LogP contribution in [0.1, 0.15) is 35.3 Å². The summed E-state index contributed by atoms with van der Waals surface area (Å²) in [6.07, 6.45) is -3.47. The van der Waals surface area contributed by atoms with Crippen LogP contribution >= 0.6 is 0 Å². The van der Waals surface area contributed by atoms with Gasteiger partial charge in [-0.2, -0.15) is 17.9 Å². The molecule has 5 rings (SSSR count). The molecule has 1 N–H and O–H groups in total. The van der Waals surface area contributed by atoms with E-state index in [-0.39, 0.29) is 22.3 Å². The van der Waals surface area contributed by atoms with E-state index >= 15 is 0 Å². The number of pyridine rings is 1. The predicted octanol–water partition coefficient (Wildman–Crippen LogP) is 5.95. The van der Waals surface area contributed by atoms with E-state index in [0.717, 1.165) is 42.7 Å². The van der Waals surface area contributed by atoms with Crippen molar-refractivity contribution in [2.75, 3.05) is 43.4 Å². The van der Waals surface area contributed by atoms with Crippen molar-refractivity contribution in [3.63, 3.8) is 0 Å². The number of anilines is 2. The van der Waals surface area contributed by atoms with Gasteiger partial charge in [0, 0.05) is 60.3 Å². The third-order valence-corrected chi connectivity index (χ3v) is 8.15. The van der Waals surface area contributed by atoms with Gasteiger partial charge in [0.05, 0.1) is 17.4 Å². The lowest BCUT2D eigenvalue weighted by atomic mass is 9.94. The lowest BCUT2D eigenvalue weighted by molar-refractivity contribution is -0.199. The Balaban J connectivity index is 1.82. The zero-order chi connectivity index (χ0) is 34.9. The molecule has 10 nitrogen and oxygen atoms in total. The van der Waals surface area contributed by atoms with Gasteiger partial charge in [-0.3, -0.25) is 4.79 Å². The van der Waals surface area contributed by atoms with Gasteiger partial charge < -0.3 is 24.7 Å². The molecule has 4 aromatic rings. The Morgan fingerprint density at radius 2 is 1.65 bits per heavy atom. The Kier molecular flexibility index (Phi) is 9.62. The van der Waals surface area contributed by atoms with E-state index in [4.69, 9.17) is 9.57 Å². The Bertz CT molecular complexity index is 1890. The summed E-state index contributed by atoms with van der Waals surface area (Å²) in [5, 5.41) is 3.01. The highest BCUT2D eigenvalue weighted by Gasteiger charge is 2.43. The molecule has 0 atom stereocenters. The zero-order valence-electron chi connectivity index (χ0n) is 27.3. The van der Waals surface area contributed by atoms with Crippen molar-refractivity contribution in [2.24, 2.45) is 0 Å². The maximum Gasteiger partial charge on any atom is 0.493 e. The van der Waals surface area contributed by atoms with Crippen LogP contribution < -0.4 is 15.1 Å². The minimum atomic E-state index is -5.32. The number of hydrogen-bond donors (Lipinski definition) is 1. The van der Waals surface area contributed by atoms with Crippen LogP contribution in [0.15, 0.2) is 61.3 Å². The Morgan fingerprint density at radius 3 is 2.25 bits per heavy atom. The van der Waals surface area contributed by atoms with Gasteiger partial charge in [-0.1, -0.05) is 30.8 Å². The number of fused-ring (bicyclic) bond motifs is 1. The number of ether oxygens (including phenoxy) is 1. The van der Waals surface area contributed by atoms with E-state index in [2.05, 4.69) is 26.7 Å². The normalized spacial score (nSPS) is 13.9. The quantitative estimate of drug-likeness (QED) is 0.182. The number of carbonyl (C=O) groups is 3. The zero-order valence-corrected chi connectivity index (χ0v) is 27.3. The fourth-order valence-corrected chi connectivity index (χ4v) is 5.61. The standard InChI is InChI=1S/C35H36F3N5O5/c1-7-28(44)40-27-18-24(9-8-21(27)4)30-29-22(5)26(33(45)47-20(2)3)19-39-32(29)43(48-34(46)35(36,37)38)31(30)23-10-12-25(13-11-23)42-16-14-41(6)15-17-42/h7-13,18-20H,1,14-17H2,2-6H3,(H,40,44). The average Bonchev–Trinajstić information content (AvgIpc) is 3.36. The highest BCUT2D eigenvalue weighted by molar-refractivity contribution is 6.09. The van der Waals surface area contributed by atoms with Gasteiger partial charge in [0.1, 0.15) is 0 Å². The van der Waals surface area contributed by atoms with Crippen LogP contribution in [0.2, 0.25) is 0 Å². The number of benzene rings is 2. The van der Waals surface area contributed by atoms with E-state index in [1.165, 1.54) is 6.20 Å². The summed E-state index contributed by atoms with van der Waals surface area (Å²) in [7, 11) is 2.05. The molecule has 3 heterocycles. The summed E-state index contributed by atoms with van der Waals surface area (Å²) in [4.78, 5) is 51.7. The van der Waals surface area contributed by atoms with Crippen molar-refractivity contribution >= 4 is 40.3 Å². The van der Waals surface area contributed by atoms with Gasteiger partial charge in [-0.25, -0.2) is 14.6 Å². The topological polar surface area (TPSA) is 106 Å². The summed E-state index contributed by atoms with van der Waals surface area (Å²) in [6.45, 7) is 13.6. The molecule has 13 heteroatoms. The number of amides is 1. The molecule has 1 aliphatic rings. The van der Waals surface area contributed by atoms with E-state index in [9.17, 15) is 27.6 Å². The number of aryl methyl sites for hydroxylation is 2. The van der Waals surface area contributed by atoms with Gasteiger partial charge in [0.15, 0.2) is 5.65 Å². The van der Waals surface area contributed by atoms with Crippen molar-refractivity contribution in [2.45, 2.75) is 40.0 Å². The number of alkyl halides is 3. The molecular formula is C35H36F3N5O5. The molecule has 0 spiro atoms. The van der Waals surface area contributed by atoms with Gasteiger partial charge in [0.2, 0.25) is 5.91 Å². The van der Waals surface area contributed by atoms with Gasteiger partial charge in [0.25, 0.3) is 0 Å². The number of hydrogen-bond acceptors (Lipinski definition) is 8. The molecule has 1 fully saturated rings.